The molecule has 0 saturated carbocycles. The number of nitrogens with one attached hydrogen (secondary N) is 2. The van der Waals surface area contributed by atoms with Gasteiger partial charge in [0, 0.05) is 11.9 Å². The monoisotopic (exact) mass is 362 g/mol. The molecule has 2 aromatic carbocycles. The molecule has 6 nitrogen and oxygen atoms in total. The van der Waals surface area contributed by atoms with Crippen LogP contribution in [0.1, 0.15) is 41.3 Å². The summed E-state index contributed by atoms with van der Waals surface area (Å²) in [6, 6.07) is 14.3. The lowest BCUT2D eigenvalue weighted by atomic mass is 9.98. The van der Waals surface area contributed by atoms with Crippen molar-refractivity contribution < 1.29 is 9.59 Å². The number of anilines is 2. The molecule has 0 aliphatic heterocycles. The zero-order valence-electron chi connectivity index (χ0n) is 15.5. The van der Waals surface area contributed by atoms with Gasteiger partial charge in [0.05, 0.1) is 11.3 Å². The third-order valence-corrected chi connectivity index (χ3v) is 4.10. The molecule has 0 bridgehead atoms. The standard InChI is InChI=1S/C21H22N4O2/c1-13(2)16-9-6-7-14(3)19(16)25-21(27)15(11-22)12-24-18-10-5-4-8-17(18)20(23)26/h4-10,12-13,24H,1-3H3,(H2,23,26)(H,25,27)/b15-12-. The van der Waals surface area contributed by atoms with Crippen molar-refractivity contribution in [2.24, 2.45) is 5.73 Å². The highest BCUT2D eigenvalue weighted by Crippen LogP contribution is 2.27. The Kier molecular flexibility index (Phi) is 6.34. The Balaban J connectivity index is 2.27. The van der Waals surface area contributed by atoms with Gasteiger partial charge in [-0.15, -0.1) is 0 Å². The lowest BCUT2D eigenvalue weighted by molar-refractivity contribution is -0.112. The number of carbonyl (C=O) groups excluding carboxylic acids is 2. The van der Waals surface area contributed by atoms with E-state index in [4.69, 9.17) is 5.73 Å². The van der Waals surface area contributed by atoms with Crippen LogP contribution in [-0.4, -0.2) is 11.8 Å². The third kappa shape index (κ3) is 4.73. The van der Waals surface area contributed by atoms with Crippen molar-refractivity contribution in [1.29, 1.82) is 5.26 Å². The van der Waals surface area contributed by atoms with E-state index in [1.807, 2.05) is 45.0 Å². The van der Waals surface area contributed by atoms with E-state index in [-0.39, 0.29) is 17.1 Å². The average Bonchev–Trinajstić information content (AvgIpc) is 2.63. The molecular weight excluding hydrogens is 340 g/mol. The maximum absolute atomic E-state index is 12.6. The number of hydrogen-bond acceptors (Lipinski definition) is 4. The van der Waals surface area contributed by atoms with Gasteiger partial charge in [0.25, 0.3) is 11.8 Å². The second-order valence-electron chi connectivity index (χ2n) is 6.37. The molecule has 2 amide bonds. The SMILES string of the molecule is Cc1cccc(C(C)C)c1NC(=O)/C(C#N)=C\Nc1ccccc1C(N)=O. The summed E-state index contributed by atoms with van der Waals surface area (Å²) in [6.45, 7) is 5.97. The minimum atomic E-state index is -0.601. The van der Waals surface area contributed by atoms with E-state index in [9.17, 15) is 14.9 Å². The van der Waals surface area contributed by atoms with E-state index in [2.05, 4.69) is 10.6 Å². The summed E-state index contributed by atoms with van der Waals surface area (Å²) in [4.78, 5) is 24.0. The summed E-state index contributed by atoms with van der Waals surface area (Å²) in [6.07, 6.45) is 1.27. The van der Waals surface area contributed by atoms with Gasteiger partial charge >= 0.3 is 0 Å². The molecule has 0 unspecified atom stereocenters. The quantitative estimate of drug-likeness (QED) is 0.538. The lowest BCUT2D eigenvalue weighted by Crippen LogP contribution is -2.17. The first-order valence-corrected chi connectivity index (χ1v) is 8.51. The van der Waals surface area contributed by atoms with E-state index in [0.29, 0.717) is 11.4 Å². The molecule has 138 valence electrons. The van der Waals surface area contributed by atoms with Crippen LogP contribution in [0.3, 0.4) is 0 Å². The van der Waals surface area contributed by atoms with Crippen molar-refractivity contribution in [2.75, 3.05) is 10.6 Å². The summed E-state index contributed by atoms with van der Waals surface area (Å²) >= 11 is 0. The van der Waals surface area contributed by atoms with Crippen LogP contribution in [0.5, 0.6) is 0 Å². The number of amides is 2. The molecule has 0 atom stereocenters. The lowest BCUT2D eigenvalue weighted by Gasteiger charge is -2.16. The maximum Gasteiger partial charge on any atom is 0.267 e. The van der Waals surface area contributed by atoms with Crippen LogP contribution >= 0.6 is 0 Å². The van der Waals surface area contributed by atoms with Crippen molar-refractivity contribution in [3.05, 3.63) is 70.9 Å². The van der Waals surface area contributed by atoms with Gasteiger partial charge in [-0.1, -0.05) is 44.2 Å². The molecule has 4 N–H and O–H groups in total. The second-order valence-corrected chi connectivity index (χ2v) is 6.37. The Hall–Kier alpha value is -3.59. The van der Waals surface area contributed by atoms with E-state index < -0.39 is 11.8 Å². The first kappa shape index (κ1) is 19.7. The van der Waals surface area contributed by atoms with Gasteiger partial charge in [-0.05, 0) is 36.1 Å². The number of carbonyl (C=O) groups is 2. The highest BCUT2D eigenvalue weighted by Gasteiger charge is 2.15. The molecule has 0 radical (unpaired) electrons. The first-order chi connectivity index (χ1) is 12.8. The Morgan fingerprint density at radius 1 is 1.15 bits per heavy atom. The van der Waals surface area contributed by atoms with Gasteiger partial charge < -0.3 is 16.4 Å². The molecule has 0 spiro atoms. The Labute approximate surface area is 158 Å². The van der Waals surface area contributed by atoms with E-state index in [1.54, 1.807) is 24.3 Å². The predicted molar refractivity (Wildman–Crippen MR) is 106 cm³/mol. The van der Waals surface area contributed by atoms with Crippen molar-refractivity contribution in [1.82, 2.24) is 0 Å². The largest absolute Gasteiger partial charge is 0.366 e. The summed E-state index contributed by atoms with van der Waals surface area (Å²) in [5, 5.41) is 15.0. The van der Waals surface area contributed by atoms with Crippen LogP contribution in [-0.2, 0) is 4.79 Å². The van der Waals surface area contributed by atoms with Crippen LogP contribution in [0.4, 0.5) is 11.4 Å². The predicted octanol–water partition coefficient (Wildman–Crippen LogP) is 3.68. The van der Waals surface area contributed by atoms with Crippen LogP contribution in [0, 0.1) is 18.3 Å². The van der Waals surface area contributed by atoms with Gasteiger partial charge in [-0.3, -0.25) is 9.59 Å². The topological polar surface area (TPSA) is 108 Å². The number of aryl methyl sites for hydroxylation is 1. The molecule has 27 heavy (non-hydrogen) atoms. The molecule has 0 heterocycles. The summed E-state index contributed by atoms with van der Waals surface area (Å²) in [7, 11) is 0. The number of para-hydroxylation sites is 2. The molecule has 0 aromatic heterocycles. The molecule has 2 aromatic rings. The first-order valence-electron chi connectivity index (χ1n) is 8.51. The molecular formula is C21H22N4O2. The second kappa shape index (κ2) is 8.68. The molecule has 0 fully saturated rings. The fraction of sp³-hybridized carbons (Fsp3) is 0.190. The third-order valence-electron chi connectivity index (χ3n) is 4.10. The van der Waals surface area contributed by atoms with E-state index in [0.717, 1.165) is 11.1 Å². The molecule has 0 saturated heterocycles. The summed E-state index contributed by atoms with van der Waals surface area (Å²) < 4.78 is 0. The van der Waals surface area contributed by atoms with Gasteiger partial charge in [0.1, 0.15) is 11.6 Å². The minimum absolute atomic E-state index is 0.118. The Morgan fingerprint density at radius 3 is 2.48 bits per heavy atom. The van der Waals surface area contributed by atoms with E-state index >= 15 is 0 Å². The van der Waals surface area contributed by atoms with Gasteiger partial charge in [-0.2, -0.15) is 5.26 Å². The number of nitriles is 1. The normalized spacial score (nSPS) is 11.0. The van der Waals surface area contributed by atoms with E-state index in [1.165, 1.54) is 6.20 Å². The molecule has 6 heteroatoms. The average molecular weight is 362 g/mol. The van der Waals surface area contributed by atoms with Crippen molar-refractivity contribution in [3.63, 3.8) is 0 Å². The summed E-state index contributed by atoms with van der Waals surface area (Å²) in [5.74, 6) is -0.913. The van der Waals surface area contributed by atoms with Gasteiger partial charge in [0.2, 0.25) is 0 Å². The zero-order valence-corrected chi connectivity index (χ0v) is 15.5. The number of hydrogen-bond donors (Lipinski definition) is 3. The zero-order chi connectivity index (χ0) is 20.0. The Bertz CT molecular complexity index is 939. The highest BCUT2D eigenvalue weighted by molar-refractivity contribution is 6.07. The van der Waals surface area contributed by atoms with Gasteiger partial charge in [-0.25, -0.2) is 0 Å². The van der Waals surface area contributed by atoms with Crippen molar-refractivity contribution in [3.8, 4) is 6.07 Å². The van der Waals surface area contributed by atoms with Crippen molar-refractivity contribution >= 4 is 23.2 Å². The van der Waals surface area contributed by atoms with Crippen LogP contribution < -0.4 is 16.4 Å². The number of benzene rings is 2. The highest BCUT2D eigenvalue weighted by atomic mass is 16.2. The van der Waals surface area contributed by atoms with Crippen molar-refractivity contribution in [2.45, 2.75) is 26.7 Å². The number of rotatable bonds is 6. The molecule has 0 aliphatic rings. The van der Waals surface area contributed by atoms with Crippen LogP contribution in [0.2, 0.25) is 0 Å². The fourth-order valence-electron chi connectivity index (χ4n) is 2.65. The summed E-state index contributed by atoms with van der Waals surface area (Å²) in [5.41, 5.74) is 8.52. The Morgan fingerprint density at radius 2 is 1.85 bits per heavy atom. The molecule has 0 aliphatic carbocycles. The number of primary amides is 1. The number of nitrogens with two attached hydrogens (primary N) is 1. The fourth-order valence-corrected chi connectivity index (χ4v) is 2.65. The van der Waals surface area contributed by atoms with Crippen LogP contribution in [0.25, 0.3) is 0 Å². The van der Waals surface area contributed by atoms with Crippen LogP contribution in [0.15, 0.2) is 54.2 Å². The number of nitrogens with zero attached hydrogens (tertiary/aromatic N) is 1. The minimum Gasteiger partial charge on any atom is -0.366 e. The van der Waals surface area contributed by atoms with Gasteiger partial charge in [0.15, 0.2) is 0 Å². The molecule has 2 rings (SSSR count). The smallest absolute Gasteiger partial charge is 0.267 e. The maximum atomic E-state index is 12.6.